The molecule has 0 atom stereocenters. The van der Waals surface area contributed by atoms with Gasteiger partial charge < -0.3 is 19.2 Å². The van der Waals surface area contributed by atoms with Gasteiger partial charge in [-0.1, -0.05) is 12.1 Å². The summed E-state index contributed by atoms with van der Waals surface area (Å²) in [6.07, 6.45) is 4.05. The van der Waals surface area contributed by atoms with Crippen LogP contribution in [0.2, 0.25) is 0 Å². The van der Waals surface area contributed by atoms with Crippen LogP contribution < -0.4 is 4.72 Å². The Morgan fingerprint density at radius 3 is 2.47 bits per heavy atom. The summed E-state index contributed by atoms with van der Waals surface area (Å²) in [7, 11) is -3.36. The van der Waals surface area contributed by atoms with Crippen molar-refractivity contribution in [3.63, 3.8) is 0 Å². The molecule has 0 unspecified atom stereocenters. The first-order valence-electron chi connectivity index (χ1n) is 9.12. The Morgan fingerprint density at radius 2 is 1.90 bits per heavy atom. The summed E-state index contributed by atoms with van der Waals surface area (Å²) in [6, 6.07) is 9.39. The molecular weight excluding hydrogens is 412 g/mol. The highest BCUT2D eigenvalue weighted by atomic mass is 32.2. The fourth-order valence-electron chi connectivity index (χ4n) is 2.50. The maximum atomic E-state index is 12.6. The van der Waals surface area contributed by atoms with Crippen molar-refractivity contribution in [1.29, 1.82) is 0 Å². The van der Waals surface area contributed by atoms with Crippen LogP contribution in [-0.2, 0) is 26.1 Å². The summed E-state index contributed by atoms with van der Waals surface area (Å²) in [5, 5.41) is 8.96. The third kappa shape index (κ3) is 7.72. The summed E-state index contributed by atoms with van der Waals surface area (Å²) < 4.78 is 35.4. The molecule has 0 aliphatic heterocycles. The number of sulfonamides is 1. The van der Waals surface area contributed by atoms with Gasteiger partial charge in [0.05, 0.1) is 19.4 Å². The first-order chi connectivity index (χ1) is 14.2. The fraction of sp³-hybridized carbons (Fsp3) is 0.300. The highest BCUT2D eigenvalue weighted by Gasteiger charge is 2.15. The van der Waals surface area contributed by atoms with Crippen molar-refractivity contribution in [2.45, 2.75) is 13.5 Å². The van der Waals surface area contributed by atoms with Gasteiger partial charge in [0, 0.05) is 24.9 Å². The van der Waals surface area contributed by atoms with E-state index in [9.17, 15) is 18.0 Å². The van der Waals surface area contributed by atoms with E-state index in [0.717, 1.165) is 6.26 Å². The van der Waals surface area contributed by atoms with Gasteiger partial charge in [0.25, 0.3) is 0 Å². The van der Waals surface area contributed by atoms with Gasteiger partial charge in [-0.25, -0.2) is 13.2 Å². The number of rotatable bonds is 11. The summed E-state index contributed by atoms with van der Waals surface area (Å²) in [5.41, 5.74) is 1.13. The van der Waals surface area contributed by atoms with Crippen LogP contribution in [0.4, 0.5) is 5.69 Å². The summed E-state index contributed by atoms with van der Waals surface area (Å²) in [5.74, 6) is -1.33. The lowest BCUT2D eigenvalue weighted by Crippen LogP contribution is -2.32. The Hall–Kier alpha value is -3.11. The zero-order chi connectivity index (χ0) is 22.1. The molecule has 10 heteroatoms. The normalized spacial score (nSPS) is 11.5. The second-order valence-electron chi connectivity index (χ2n) is 6.36. The van der Waals surface area contributed by atoms with Crippen molar-refractivity contribution >= 4 is 33.7 Å². The van der Waals surface area contributed by atoms with Crippen LogP contribution >= 0.6 is 0 Å². The average molecular weight is 436 g/mol. The van der Waals surface area contributed by atoms with E-state index in [1.165, 1.54) is 23.1 Å². The standard InChI is InChI=1S/C20H24N2O7S/c1-3-28-13-12-22(14-17-9-10-18(29-17)20(24)25)19(23)11-6-15-4-7-16(8-5-15)21-30(2,26)27/h4-11,21H,3,12-14H2,1-2H3,(H,24,25)/b11-6+. The van der Waals surface area contributed by atoms with E-state index in [4.69, 9.17) is 14.3 Å². The zero-order valence-electron chi connectivity index (χ0n) is 16.7. The number of hydrogen-bond donors (Lipinski definition) is 2. The number of hydrogen-bond acceptors (Lipinski definition) is 6. The zero-order valence-corrected chi connectivity index (χ0v) is 17.5. The van der Waals surface area contributed by atoms with Gasteiger partial charge in [-0.15, -0.1) is 0 Å². The van der Waals surface area contributed by atoms with Gasteiger partial charge in [-0.05, 0) is 42.8 Å². The molecule has 1 aromatic heterocycles. The minimum absolute atomic E-state index is 0.0980. The lowest BCUT2D eigenvalue weighted by molar-refractivity contribution is -0.127. The first-order valence-corrected chi connectivity index (χ1v) is 11.0. The van der Waals surface area contributed by atoms with Crippen molar-refractivity contribution in [1.82, 2.24) is 4.90 Å². The van der Waals surface area contributed by atoms with E-state index in [1.807, 2.05) is 6.92 Å². The molecular formula is C20H24N2O7S. The smallest absolute Gasteiger partial charge is 0.371 e. The fourth-order valence-corrected chi connectivity index (χ4v) is 3.07. The number of benzene rings is 1. The molecule has 2 rings (SSSR count). The average Bonchev–Trinajstić information content (AvgIpc) is 3.14. The van der Waals surface area contributed by atoms with E-state index in [-0.39, 0.29) is 18.2 Å². The highest BCUT2D eigenvalue weighted by Crippen LogP contribution is 2.14. The van der Waals surface area contributed by atoms with Crippen LogP contribution in [0.25, 0.3) is 6.08 Å². The minimum atomic E-state index is -3.36. The molecule has 0 saturated heterocycles. The van der Waals surface area contributed by atoms with E-state index >= 15 is 0 Å². The van der Waals surface area contributed by atoms with Crippen LogP contribution in [0.1, 0.15) is 28.8 Å². The monoisotopic (exact) mass is 436 g/mol. The second kappa shape index (κ2) is 10.6. The summed E-state index contributed by atoms with van der Waals surface area (Å²) >= 11 is 0. The molecule has 0 fully saturated rings. The van der Waals surface area contributed by atoms with Crippen LogP contribution in [0.5, 0.6) is 0 Å². The molecule has 162 valence electrons. The quantitative estimate of drug-likeness (QED) is 0.409. The Labute approximate surface area is 175 Å². The van der Waals surface area contributed by atoms with Gasteiger partial charge in [-0.2, -0.15) is 0 Å². The Morgan fingerprint density at radius 1 is 1.20 bits per heavy atom. The van der Waals surface area contributed by atoms with E-state index in [0.29, 0.717) is 36.8 Å². The lowest BCUT2D eigenvalue weighted by Gasteiger charge is -2.20. The maximum absolute atomic E-state index is 12.6. The van der Waals surface area contributed by atoms with Crippen molar-refractivity contribution < 1.29 is 32.3 Å². The molecule has 0 aliphatic carbocycles. The number of nitrogens with zero attached hydrogens (tertiary/aromatic N) is 1. The minimum Gasteiger partial charge on any atom is -0.475 e. The molecule has 2 N–H and O–H groups in total. The Bertz CT molecular complexity index is 994. The molecule has 9 nitrogen and oxygen atoms in total. The largest absolute Gasteiger partial charge is 0.475 e. The second-order valence-corrected chi connectivity index (χ2v) is 8.11. The number of anilines is 1. The Kier molecular flexibility index (Phi) is 8.19. The van der Waals surface area contributed by atoms with Crippen molar-refractivity contribution in [3.8, 4) is 0 Å². The number of ether oxygens (including phenoxy) is 1. The van der Waals surface area contributed by atoms with Gasteiger partial charge in [-0.3, -0.25) is 9.52 Å². The van der Waals surface area contributed by atoms with E-state index in [2.05, 4.69) is 4.72 Å². The summed E-state index contributed by atoms with van der Waals surface area (Å²) in [6.45, 7) is 3.09. The molecule has 2 aromatic rings. The molecule has 0 saturated carbocycles. The predicted molar refractivity (Wildman–Crippen MR) is 112 cm³/mol. The number of carbonyl (C=O) groups excluding carboxylic acids is 1. The van der Waals surface area contributed by atoms with Crippen molar-refractivity contribution in [2.24, 2.45) is 0 Å². The van der Waals surface area contributed by atoms with Crippen LogP contribution in [0.3, 0.4) is 0 Å². The first kappa shape index (κ1) is 23.2. The topological polar surface area (TPSA) is 126 Å². The number of carbonyl (C=O) groups is 2. The van der Waals surface area contributed by atoms with E-state index in [1.54, 1.807) is 30.3 Å². The lowest BCUT2D eigenvalue weighted by atomic mass is 10.2. The maximum Gasteiger partial charge on any atom is 0.371 e. The number of amides is 1. The predicted octanol–water partition coefficient (Wildman–Crippen LogP) is 2.43. The Balaban J connectivity index is 2.07. The number of furan rings is 1. The number of nitrogens with one attached hydrogen (secondary N) is 1. The van der Waals surface area contributed by atoms with E-state index < -0.39 is 16.0 Å². The highest BCUT2D eigenvalue weighted by molar-refractivity contribution is 7.92. The molecule has 0 radical (unpaired) electrons. The van der Waals surface area contributed by atoms with Gasteiger partial charge >= 0.3 is 5.97 Å². The molecule has 0 spiro atoms. The number of carboxylic acid groups (broad SMARTS) is 1. The third-order valence-corrected chi connectivity index (χ3v) is 4.48. The summed E-state index contributed by atoms with van der Waals surface area (Å²) in [4.78, 5) is 25.1. The SMILES string of the molecule is CCOCCN(Cc1ccc(C(=O)O)o1)C(=O)/C=C/c1ccc(NS(C)(=O)=O)cc1. The number of carboxylic acids is 1. The molecule has 1 amide bonds. The molecule has 1 heterocycles. The molecule has 0 aliphatic rings. The third-order valence-electron chi connectivity index (χ3n) is 3.87. The molecule has 1 aromatic carbocycles. The van der Waals surface area contributed by atoms with Crippen molar-refractivity contribution in [3.05, 3.63) is 59.6 Å². The van der Waals surface area contributed by atoms with Gasteiger partial charge in [0.15, 0.2) is 0 Å². The van der Waals surface area contributed by atoms with Gasteiger partial charge in [0.2, 0.25) is 21.7 Å². The van der Waals surface area contributed by atoms with Crippen LogP contribution in [0, 0.1) is 0 Å². The van der Waals surface area contributed by atoms with Crippen LogP contribution in [-0.4, -0.2) is 56.3 Å². The molecule has 30 heavy (non-hydrogen) atoms. The van der Waals surface area contributed by atoms with Crippen LogP contribution in [0.15, 0.2) is 46.9 Å². The van der Waals surface area contributed by atoms with Gasteiger partial charge in [0.1, 0.15) is 5.76 Å². The number of aromatic carboxylic acids is 1. The molecule has 0 bridgehead atoms. The van der Waals surface area contributed by atoms with Crippen molar-refractivity contribution in [2.75, 3.05) is 30.7 Å².